The van der Waals surface area contributed by atoms with Crippen LogP contribution in [0.5, 0.6) is 0 Å². The van der Waals surface area contributed by atoms with Gasteiger partial charge >= 0.3 is 5.97 Å². The average molecular weight is 335 g/mol. The quantitative estimate of drug-likeness (QED) is 0.675. The summed E-state index contributed by atoms with van der Waals surface area (Å²) in [5.41, 5.74) is 2.01. The summed E-state index contributed by atoms with van der Waals surface area (Å²) in [5.74, 6) is -0.461. The third kappa shape index (κ3) is 2.67. The van der Waals surface area contributed by atoms with Crippen LogP contribution in [0.15, 0.2) is 42.5 Å². The van der Waals surface area contributed by atoms with Crippen molar-refractivity contribution in [1.82, 2.24) is 9.78 Å². The summed E-state index contributed by atoms with van der Waals surface area (Å²) in [6.07, 6.45) is 0. The van der Waals surface area contributed by atoms with Gasteiger partial charge in [-0.3, -0.25) is 4.68 Å². The van der Waals surface area contributed by atoms with Crippen LogP contribution in [0.4, 0.5) is 0 Å². The van der Waals surface area contributed by atoms with Gasteiger partial charge in [0, 0.05) is 15.4 Å². The molecule has 0 aliphatic rings. The van der Waals surface area contributed by atoms with Gasteiger partial charge in [-0.1, -0.05) is 47.5 Å². The van der Waals surface area contributed by atoms with Gasteiger partial charge in [0.25, 0.3) is 0 Å². The molecular weight excluding hydrogens is 323 g/mol. The van der Waals surface area contributed by atoms with E-state index in [1.807, 2.05) is 30.3 Å². The van der Waals surface area contributed by atoms with E-state index in [1.54, 1.807) is 16.8 Å². The van der Waals surface area contributed by atoms with Crippen molar-refractivity contribution in [2.75, 3.05) is 7.11 Å². The summed E-state index contributed by atoms with van der Waals surface area (Å²) in [5, 5.41) is 6.26. The first-order valence-electron chi connectivity index (χ1n) is 6.58. The molecule has 1 heterocycles. The van der Waals surface area contributed by atoms with Gasteiger partial charge in [-0.2, -0.15) is 5.10 Å². The fourth-order valence-corrected chi connectivity index (χ4v) is 2.77. The first kappa shape index (κ1) is 14.9. The van der Waals surface area contributed by atoms with Gasteiger partial charge in [0.15, 0.2) is 5.69 Å². The third-order valence-electron chi connectivity index (χ3n) is 3.37. The molecule has 6 heteroatoms. The van der Waals surface area contributed by atoms with Crippen LogP contribution in [0, 0.1) is 0 Å². The van der Waals surface area contributed by atoms with E-state index in [-0.39, 0.29) is 0 Å². The molecule has 0 saturated carbocycles. The molecule has 0 fully saturated rings. The second-order valence-electron chi connectivity index (χ2n) is 4.75. The molecule has 0 saturated heterocycles. The lowest BCUT2D eigenvalue weighted by Crippen LogP contribution is -2.06. The highest BCUT2D eigenvalue weighted by molar-refractivity contribution is 6.35. The monoisotopic (exact) mass is 334 g/mol. The van der Waals surface area contributed by atoms with E-state index in [0.29, 0.717) is 22.3 Å². The Balaban J connectivity index is 2.09. The molecule has 3 aromatic rings. The molecule has 0 unspecified atom stereocenters. The molecule has 2 aromatic carbocycles. The van der Waals surface area contributed by atoms with Crippen LogP contribution in [0.1, 0.15) is 16.1 Å². The molecule has 4 nitrogen and oxygen atoms in total. The Hall–Kier alpha value is -2.04. The van der Waals surface area contributed by atoms with E-state index in [9.17, 15) is 4.79 Å². The number of benzene rings is 2. The lowest BCUT2D eigenvalue weighted by molar-refractivity contribution is 0.0595. The first-order valence-corrected chi connectivity index (χ1v) is 7.33. The molecule has 0 radical (unpaired) electrons. The normalized spacial score (nSPS) is 10.9. The standard InChI is InChI=1S/C16H12Cl2N2O2/c1-22-16(21)15-12-4-2-3-5-14(12)20(19-15)9-10-6-7-11(17)8-13(10)18/h2-8H,9H2,1H3. The van der Waals surface area contributed by atoms with Gasteiger partial charge < -0.3 is 4.74 Å². The number of hydrogen-bond acceptors (Lipinski definition) is 3. The second kappa shape index (κ2) is 5.99. The molecule has 0 atom stereocenters. The first-order chi connectivity index (χ1) is 10.6. The number of esters is 1. The van der Waals surface area contributed by atoms with E-state index in [2.05, 4.69) is 5.10 Å². The summed E-state index contributed by atoms with van der Waals surface area (Å²) < 4.78 is 6.52. The van der Waals surface area contributed by atoms with Gasteiger partial charge in [0.1, 0.15) is 0 Å². The Morgan fingerprint density at radius 2 is 2.00 bits per heavy atom. The number of rotatable bonds is 3. The zero-order valence-electron chi connectivity index (χ0n) is 11.7. The lowest BCUT2D eigenvalue weighted by atomic mass is 10.2. The van der Waals surface area contributed by atoms with Crippen LogP contribution in [0.25, 0.3) is 10.9 Å². The van der Waals surface area contributed by atoms with Crippen molar-refractivity contribution in [2.24, 2.45) is 0 Å². The number of aromatic nitrogens is 2. The molecule has 0 aliphatic heterocycles. The van der Waals surface area contributed by atoms with E-state index >= 15 is 0 Å². The highest BCUT2D eigenvalue weighted by Gasteiger charge is 2.17. The Morgan fingerprint density at radius 1 is 1.23 bits per heavy atom. The number of carbonyl (C=O) groups is 1. The summed E-state index contributed by atoms with van der Waals surface area (Å²) >= 11 is 12.1. The Morgan fingerprint density at radius 3 is 2.73 bits per heavy atom. The number of halogens is 2. The van der Waals surface area contributed by atoms with Crippen molar-refractivity contribution in [2.45, 2.75) is 6.54 Å². The third-order valence-corrected chi connectivity index (χ3v) is 3.96. The number of methoxy groups -OCH3 is 1. The van der Waals surface area contributed by atoms with E-state index in [4.69, 9.17) is 27.9 Å². The maximum absolute atomic E-state index is 11.9. The van der Waals surface area contributed by atoms with Gasteiger partial charge in [-0.15, -0.1) is 0 Å². The minimum Gasteiger partial charge on any atom is -0.464 e. The predicted octanol–water partition coefficient (Wildman–Crippen LogP) is 4.18. The minimum atomic E-state index is -0.461. The summed E-state index contributed by atoms with van der Waals surface area (Å²) in [4.78, 5) is 11.9. The molecule has 0 amide bonds. The van der Waals surface area contributed by atoms with Gasteiger partial charge in [0.2, 0.25) is 0 Å². The SMILES string of the molecule is COC(=O)c1nn(Cc2ccc(Cl)cc2Cl)c2ccccc12. The topological polar surface area (TPSA) is 44.1 Å². The Labute approximate surface area is 137 Å². The molecular formula is C16H12Cl2N2O2. The minimum absolute atomic E-state index is 0.295. The van der Waals surface area contributed by atoms with E-state index < -0.39 is 5.97 Å². The number of fused-ring (bicyclic) bond motifs is 1. The van der Waals surface area contributed by atoms with Crippen LogP contribution in [-0.4, -0.2) is 22.9 Å². The van der Waals surface area contributed by atoms with Crippen molar-refractivity contribution < 1.29 is 9.53 Å². The average Bonchev–Trinajstić information content (AvgIpc) is 2.88. The molecule has 22 heavy (non-hydrogen) atoms. The predicted molar refractivity (Wildman–Crippen MR) is 86.6 cm³/mol. The number of hydrogen-bond donors (Lipinski definition) is 0. The summed E-state index contributed by atoms with van der Waals surface area (Å²) in [7, 11) is 1.34. The zero-order chi connectivity index (χ0) is 15.7. The smallest absolute Gasteiger partial charge is 0.359 e. The number of carbonyl (C=O) groups excluding carboxylic acids is 1. The Bertz CT molecular complexity index is 858. The number of nitrogens with zero attached hydrogens (tertiary/aromatic N) is 2. The largest absolute Gasteiger partial charge is 0.464 e. The zero-order valence-corrected chi connectivity index (χ0v) is 13.2. The maximum atomic E-state index is 11.9. The van der Waals surface area contributed by atoms with E-state index in [1.165, 1.54) is 7.11 Å². The fraction of sp³-hybridized carbons (Fsp3) is 0.125. The van der Waals surface area contributed by atoms with Crippen molar-refractivity contribution in [1.29, 1.82) is 0 Å². The molecule has 3 rings (SSSR count). The summed E-state index contributed by atoms with van der Waals surface area (Å²) in [6, 6.07) is 12.8. The van der Waals surface area contributed by atoms with Crippen LogP contribution < -0.4 is 0 Å². The van der Waals surface area contributed by atoms with Crippen LogP contribution in [-0.2, 0) is 11.3 Å². The van der Waals surface area contributed by atoms with Crippen molar-refractivity contribution in [3.05, 3.63) is 63.8 Å². The van der Waals surface area contributed by atoms with Crippen molar-refractivity contribution in [3.8, 4) is 0 Å². The molecule has 0 spiro atoms. The van der Waals surface area contributed by atoms with Gasteiger partial charge in [0.05, 0.1) is 19.2 Å². The molecule has 112 valence electrons. The molecule has 0 aliphatic carbocycles. The fourth-order valence-electron chi connectivity index (χ4n) is 2.31. The highest BCUT2D eigenvalue weighted by Crippen LogP contribution is 2.24. The van der Waals surface area contributed by atoms with Crippen molar-refractivity contribution in [3.63, 3.8) is 0 Å². The van der Waals surface area contributed by atoms with Crippen LogP contribution in [0.2, 0.25) is 10.0 Å². The molecule has 0 bridgehead atoms. The number of ether oxygens (including phenoxy) is 1. The second-order valence-corrected chi connectivity index (χ2v) is 5.59. The summed E-state index contributed by atoms with van der Waals surface area (Å²) in [6.45, 7) is 0.438. The van der Waals surface area contributed by atoms with Crippen molar-refractivity contribution >= 4 is 40.1 Å². The van der Waals surface area contributed by atoms with Gasteiger partial charge in [-0.25, -0.2) is 4.79 Å². The van der Waals surface area contributed by atoms with Crippen LogP contribution >= 0.6 is 23.2 Å². The maximum Gasteiger partial charge on any atom is 0.359 e. The molecule has 0 N–H and O–H groups in total. The van der Waals surface area contributed by atoms with E-state index in [0.717, 1.165) is 16.5 Å². The lowest BCUT2D eigenvalue weighted by Gasteiger charge is -2.06. The van der Waals surface area contributed by atoms with Gasteiger partial charge in [-0.05, 0) is 23.8 Å². The van der Waals surface area contributed by atoms with Crippen LogP contribution in [0.3, 0.4) is 0 Å². The Kier molecular flexibility index (Phi) is 4.05. The number of para-hydroxylation sites is 1. The highest BCUT2D eigenvalue weighted by atomic mass is 35.5. The molecule has 1 aromatic heterocycles.